The van der Waals surface area contributed by atoms with Crippen molar-refractivity contribution in [3.63, 3.8) is 0 Å². The number of carbonyl (C=O) groups excluding carboxylic acids is 1. The first-order valence-electron chi connectivity index (χ1n) is 7.69. The Kier molecular flexibility index (Phi) is 5.07. The molecular weight excluding hydrogens is 340 g/mol. The Morgan fingerprint density at radius 3 is 2.65 bits per heavy atom. The molecule has 2 aromatic carbocycles. The fraction of sp³-hybridized carbons (Fsp3) is 0.0526. The summed E-state index contributed by atoms with van der Waals surface area (Å²) in [6.45, 7) is 0. The Morgan fingerprint density at radius 2 is 1.88 bits per heavy atom. The zero-order valence-corrected chi connectivity index (χ0v) is 13.8. The summed E-state index contributed by atoms with van der Waals surface area (Å²) >= 11 is 0. The fourth-order valence-corrected chi connectivity index (χ4v) is 2.27. The van der Waals surface area contributed by atoms with Gasteiger partial charge < -0.3 is 15.4 Å². The summed E-state index contributed by atoms with van der Waals surface area (Å²) in [5.41, 5.74) is 1.23. The molecule has 132 valence electrons. The van der Waals surface area contributed by atoms with Crippen molar-refractivity contribution in [3.05, 3.63) is 78.1 Å². The molecule has 1 aromatic heterocycles. The van der Waals surface area contributed by atoms with Crippen LogP contribution in [0.5, 0.6) is 5.75 Å². The lowest BCUT2D eigenvalue weighted by atomic mass is 10.2. The maximum atomic E-state index is 13.7. The quantitative estimate of drug-likeness (QED) is 0.714. The van der Waals surface area contributed by atoms with Crippen LogP contribution in [0.2, 0.25) is 0 Å². The Labute approximate surface area is 148 Å². The minimum absolute atomic E-state index is 0.0942. The van der Waals surface area contributed by atoms with Crippen LogP contribution in [0.3, 0.4) is 0 Å². The van der Waals surface area contributed by atoms with E-state index in [0.717, 1.165) is 12.1 Å². The molecular formula is C19H15F2N3O2. The predicted molar refractivity (Wildman–Crippen MR) is 94.8 cm³/mol. The van der Waals surface area contributed by atoms with E-state index in [-0.39, 0.29) is 11.4 Å². The molecule has 0 unspecified atom stereocenters. The van der Waals surface area contributed by atoms with E-state index in [1.54, 1.807) is 30.3 Å². The number of nitrogens with one attached hydrogen (secondary N) is 2. The molecule has 0 saturated heterocycles. The molecule has 26 heavy (non-hydrogen) atoms. The van der Waals surface area contributed by atoms with Crippen molar-refractivity contribution >= 4 is 23.0 Å². The molecule has 0 atom stereocenters. The number of amides is 1. The lowest BCUT2D eigenvalue weighted by Gasteiger charge is -2.10. The van der Waals surface area contributed by atoms with Gasteiger partial charge in [-0.3, -0.25) is 9.78 Å². The first-order chi connectivity index (χ1) is 12.5. The van der Waals surface area contributed by atoms with Gasteiger partial charge in [-0.25, -0.2) is 8.78 Å². The van der Waals surface area contributed by atoms with E-state index in [9.17, 15) is 13.6 Å². The number of hydrogen-bond acceptors (Lipinski definition) is 4. The van der Waals surface area contributed by atoms with Crippen molar-refractivity contribution in [2.24, 2.45) is 0 Å². The predicted octanol–water partition coefficient (Wildman–Crippen LogP) is 4.36. The molecule has 3 rings (SSSR count). The molecule has 0 saturated carbocycles. The van der Waals surface area contributed by atoms with E-state index < -0.39 is 17.5 Å². The second-order valence-electron chi connectivity index (χ2n) is 5.37. The van der Waals surface area contributed by atoms with Gasteiger partial charge >= 0.3 is 0 Å². The summed E-state index contributed by atoms with van der Waals surface area (Å²) in [6.07, 6.45) is 1.42. The Hall–Kier alpha value is -3.48. The monoisotopic (exact) mass is 355 g/mol. The molecule has 0 fully saturated rings. The summed E-state index contributed by atoms with van der Waals surface area (Å²) in [5.74, 6) is -1.22. The second kappa shape index (κ2) is 7.60. The lowest BCUT2D eigenvalue weighted by Crippen LogP contribution is -2.13. The Balaban J connectivity index is 1.76. The van der Waals surface area contributed by atoms with Crippen LogP contribution in [-0.4, -0.2) is 18.0 Å². The highest BCUT2D eigenvalue weighted by atomic mass is 19.1. The van der Waals surface area contributed by atoms with Crippen LogP contribution in [0.1, 0.15) is 10.5 Å². The summed E-state index contributed by atoms with van der Waals surface area (Å²) in [6, 6.07) is 13.1. The molecule has 0 aliphatic rings. The maximum Gasteiger partial charge on any atom is 0.274 e. The molecule has 2 N–H and O–H groups in total. The van der Waals surface area contributed by atoms with Crippen LogP contribution >= 0.6 is 0 Å². The molecule has 0 radical (unpaired) electrons. The molecule has 0 aliphatic heterocycles. The zero-order chi connectivity index (χ0) is 18.5. The van der Waals surface area contributed by atoms with Gasteiger partial charge in [-0.2, -0.15) is 0 Å². The zero-order valence-electron chi connectivity index (χ0n) is 13.8. The highest BCUT2D eigenvalue weighted by molar-refractivity contribution is 6.03. The molecule has 0 aliphatic carbocycles. The molecule has 5 nitrogen and oxygen atoms in total. The minimum atomic E-state index is -0.732. The van der Waals surface area contributed by atoms with Crippen molar-refractivity contribution in [2.75, 3.05) is 17.7 Å². The number of nitrogens with zero attached hydrogens (tertiary/aromatic N) is 1. The third-order valence-corrected chi connectivity index (χ3v) is 3.53. The average Bonchev–Trinajstić information content (AvgIpc) is 2.64. The number of methoxy groups -OCH3 is 1. The van der Waals surface area contributed by atoms with Crippen LogP contribution in [0.25, 0.3) is 0 Å². The normalized spacial score (nSPS) is 10.3. The van der Waals surface area contributed by atoms with E-state index in [1.165, 1.54) is 25.4 Å². The van der Waals surface area contributed by atoms with Crippen molar-refractivity contribution in [3.8, 4) is 5.75 Å². The first-order valence-corrected chi connectivity index (χ1v) is 7.69. The SMILES string of the molecule is COc1cccc(NC(=O)c2cc(Nc3ccc(F)cc3F)ccn2)c1. The van der Waals surface area contributed by atoms with Crippen molar-refractivity contribution in [2.45, 2.75) is 0 Å². The number of aromatic nitrogens is 1. The third kappa shape index (κ3) is 4.13. The number of carbonyl (C=O) groups is 1. The second-order valence-corrected chi connectivity index (χ2v) is 5.37. The van der Waals surface area contributed by atoms with Gasteiger partial charge in [0.15, 0.2) is 0 Å². The molecule has 1 amide bonds. The number of anilines is 3. The van der Waals surface area contributed by atoms with E-state index in [4.69, 9.17) is 4.74 Å². The molecule has 0 spiro atoms. The number of benzene rings is 2. The van der Waals surface area contributed by atoms with Crippen LogP contribution in [-0.2, 0) is 0 Å². The van der Waals surface area contributed by atoms with Crippen molar-refractivity contribution in [1.82, 2.24) is 4.98 Å². The number of rotatable bonds is 5. The minimum Gasteiger partial charge on any atom is -0.497 e. The van der Waals surface area contributed by atoms with Gasteiger partial charge in [0.2, 0.25) is 0 Å². The standard InChI is InChI=1S/C19H15F2N3O2/c1-26-15-4-2-3-13(10-15)24-19(25)18-11-14(7-8-22-18)23-17-6-5-12(20)9-16(17)21/h2-11H,1H3,(H,22,23)(H,24,25). The van der Waals surface area contributed by atoms with E-state index in [0.29, 0.717) is 17.1 Å². The average molecular weight is 355 g/mol. The molecule has 3 aromatic rings. The van der Waals surface area contributed by atoms with Crippen molar-refractivity contribution in [1.29, 1.82) is 0 Å². The highest BCUT2D eigenvalue weighted by Crippen LogP contribution is 2.22. The smallest absolute Gasteiger partial charge is 0.274 e. The number of ether oxygens (including phenoxy) is 1. The van der Waals surface area contributed by atoms with E-state index in [1.807, 2.05) is 0 Å². The fourth-order valence-electron chi connectivity index (χ4n) is 2.27. The molecule has 1 heterocycles. The van der Waals surface area contributed by atoms with Gasteiger partial charge in [0.25, 0.3) is 5.91 Å². The van der Waals surface area contributed by atoms with Gasteiger partial charge in [-0.15, -0.1) is 0 Å². The summed E-state index contributed by atoms with van der Waals surface area (Å²) in [7, 11) is 1.53. The summed E-state index contributed by atoms with van der Waals surface area (Å²) in [5, 5.41) is 5.51. The van der Waals surface area contributed by atoms with Crippen LogP contribution in [0.4, 0.5) is 25.8 Å². The molecule has 0 bridgehead atoms. The maximum absolute atomic E-state index is 13.7. The van der Waals surface area contributed by atoms with Crippen LogP contribution < -0.4 is 15.4 Å². The third-order valence-electron chi connectivity index (χ3n) is 3.53. The molecule has 7 heteroatoms. The van der Waals surface area contributed by atoms with E-state index >= 15 is 0 Å². The lowest BCUT2D eigenvalue weighted by molar-refractivity contribution is 0.102. The summed E-state index contributed by atoms with van der Waals surface area (Å²) in [4.78, 5) is 16.4. The van der Waals surface area contributed by atoms with Gasteiger partial charge in [-0.05, 0) is 36.4 Å². The Bertz CT molecular complexity index is 948. The van der Waals surface area contributed by atoms with Crippen LogP contribution in [0.15, 0.2) is 60.8 Å². The van der Waals surface area contributed by atoms with Gasteiger partial charge in [0, 0.05) is 29.7 Å². The largest absolute Gasteiger partial charge is 0.497 e. The topological polar surface area (TPSA) is 63.2 Å². The number of halogens is 2. The van der Waals surface area contributed by atoms with Gasteiger partial charge in [-0.1, -0.05) is 6.07 Å². The Morgan fingerprint density at radius 1 is 1.04 bits per heavy atom. The highest BCUT2D eigenvalue weighted by Gasteiger charge is 2.10. The summed E-state index contributed by atoms with van der Waals surface area (Å²) < 4.78 is 31.8. The number of pyridine rings is 1. The number of hydrogen-bond donors (Lipinski definition) is 2. The van der Waals surface area contributed by atoms with E-state index in [2.05, 4.69) is 15.6 Å². The van der Waals surface area contributed by atoms with Gasteiger partial charge in [0.1, 0.15) is 23.1 Å². The van der Waals surface area contributed by atoms with Crippen molar-refractivity contribution < 1.29 is 18.3 Å². The first kappa shape index (κ1) is 17.3. The van der Waals surface area contributed by atoms with Gasteiger partial charge in [0.05, 0.1) is 12.8 Å². The van der Waals surface area contributed by atoms with Crippen LogP contribution in [0, 0.1) is 11.6 Å².